The van der Waals surface area contributed by atoms with E-state index in [1.54, 1.807) is 5.57 Å². The Bertz CT molecular complexity index is 395. The summed E-state index contributed by atoms with van der Waals surface area (Å²) in [5.41, 5.74) is 7.57. The third-order valence-corrected chi connectivity index (χ3v) is 6.23. The summed E-state index contributed by atoms with van der Waals surface area (Å²) in [6.07, 6.45) is 10.2. The maximum Gasteiger partial charge on any atom is 0.323 e. The van der Waals surface area contributed by atoms with Crippen LogP contribution in [0.25, 0.3) is 0 Å². The molecule has 0 fully saturated rings. The number of esters is 1. The van der Waals surface area contributed by atoms with Crippen molar-refractivity contribution < 1.29 is 9.53 Å². The lowest BCUT2D eigenvalue weighted by atomic mass is 9.85. The van der Waals surface area contributed by atoms with Crippen LogP contribution >= 0.6 is 11.8 Å². The van der Waals surface area contributed by atoms with Gasteiger partial charge in [0.15, 0.2) is 0 Å². The standard InChI is InChI=1S/C19H35NO2S/c1-5-6-7-8-13-22-18(21)17(20)14-23-19(4)11-9-16(10-12-19)15(2)3/h9,15,17H,5-8,10-14,20H2,1-4H3/t17-,19?/m0/s1. The number of unbranched alkanes of at least 4 members (excludes halogenated alkanes) is 3. The topological polar surface area (TPSA) is 52.3 Å². The average Bonchev–Trinajstić information content (AvgIpc) is 2.52. The third kappa shape index (κ3) is 7.75. The molecule has 4 heteroatoms. The summed E-state index contributed by atoms with van der Waals surface area (Å²) >= 11 is 1.83. The summed E-state index contributed by atoms with van der Waals surface area (Å²) in [5, 5.41) is 0. The molecule has 2 N–H and O–H groups in total. The number of thioether (sulfide) groups is 1. The summed E-state index contributed by atoms with van der Waals surface area (Å²) in [4.78, 5) is 11.9. The monoisotopic (exact) mass is 341 g/mol. The molecule has 0 bridgehead atoms. The highest BCUT2D eigenvalue weighted by Gasteiger charge is 2.29. The lowest BCUT2D eigenvalue weighted by Gasteiger charge is -2.34. The van der Waals surface area contributed by atoms with Gasteiger partial charge in [0.05, 0.1) is 6.61 Å². The van der Waals surface area contributed by atoms with Crippen LogP contribution in [0.4, 0.5) is 0 Å². The zero-order valence-corrected chi connectivity index (χ0v) is 16.2. The molecule has 0 saturated heterocycles. The van der Waals surface area contributed by atoms with E-state index in [4.69, 9.17) is 10.5 Å². The van der Waals surface area contributed by atoms with Crippen molar-refractivity contribution in [3.63, 3.8) is 0 Å². The first-order valence-electron chi connectivity index (χ1n) is 9.13. The maximum absolute atomic E-state index is 11.9. The SMILES string of the molecule is CCCCCCOC(=O)[C@@H](N)CSC1(C)CC=C(C(C)C)CC1. The van der Waals surface area contributed by atoms with E-state index in [1.807, 2.05) is 11.8 Å². The van der Waals surface area contributed by atoms with Crippen LogP contribution in [-0.2, 0) is 9.53 Å². The van der Waals surface area contributed by atoms with Crippen LogP contribution in [0.1, 0.15) is 72.6 Å². The third-order valence-electron chi connectivity index (χ3n) is 4.64. The minimum Gasteiger partial charge on any atom is -0.465 e. The van der Waals surface area contributed by atoms with Crippen LogP contribution in [-0.4, -0.2) is 29.1 Å². The Morgan fingerprint density at radius 2 is 2.13 bits per heavy atom. The van der Waals surface area contributed by atoms with Gasteiger partial charge in [0.25, 0.3) is 0 Å². The average molecular weight is 342 g/mol. The lowest BCUT2D eigenvalue weighted by molar-refractivity contribution is -0.144. The molecule has 0 radical (unpaired) electrons. The molecule has 0 aliphatic heterocycles. The molecular weight excluding hydrogens is 306 g/mol. The highest BCUT2D eigenvalue weighted by atomic mass is 32.2. The van der Waals surface area contributed by atoms with E-state index in [9.17, 15) is 4.79 Å². The number of hydrogen-bond donors (Lipinski definition) is 1. The number of ether oxygens (including phenoxy) is 1. The van der Waals surface area contributed by atoms with Crippen molar-refractivity contribution in [2.75, 3.05) is 12.4 Å². The fraction of sp³-hybridized carbons (Fsp3) is 0.842. The van der Waals surface area contributed by atoms with Crippen molar-refractivity contribution in [3.8, 4) is 0 Å². The number of carbonyl (C=O) groups excluding carboxylic acids is 1. The fourth-order valence-electron chi connectivity index (χ4n) is 2.78. The fourth-order valence-corrected chi connectivity index (χ4v) is 3.95. The van der Waals surface area contributed by atoms with E-state index in [0.717, 1.165) is 25.7 Å². The van der Waals surface area contributed by atoms with Gasteiger partial charge in [0, 0.05) is 10.5 Å². The molecule has 1 rings (SSSR count). The minimum absolute atomic E-state index is 0.206. The molecule has 0 aromatic carbocycles. The summed E-state index contributed by atoms with van der Waals surface area (Å²) < 4.78 is 5.49. The summed E-state index contributed by atoms with van der Waals surface area (Å²) in [6, 6.07) is -0.501. The Kier molecular flexibility index (Phi) is 9.30. The summed E-state index contributed by atoms with van der Waals surface area (Å²) in [7, 11) is 0. The number of carbonyl (C=O) groups is 1. The minimum atomic E-state index is -0.501. The van der Waals surface area contributed by atoms with Gasteiger partial charge in [-0.2, -0.15) is 11.8 Å². The molecule has 1 aliphatic carbocycles. The van der Waals surface area contributed by atoms with E-state index in [0.29, 0.717) is 18.3 Å². The van der Waals surface area contributed by atoms with Gasteiger partial charge in [0.2, 0.25) is 0 Å². The molecule has 0 aromatic heterocycles. The molecule has 0 saturated carbocycles. The quantitative estimate of drug-likeness (QED) is 0.356. The number of nitrogens with two attached hydrogens (primary N) is 1. The van der Waals surface area contributed by atoms with Crippen molar-refractivity contribution in [2.24, 2.45) is 11.7 Å². The van der Waals surface area contributed by atoms with Crippen molar-refractivity contribution in [1.29, 1.82) is 0 Å². The van der Waals surface area contributed by atoms with Gasteiger partial charge >= 0.3 is 5.97 Å². The predicted molar refractivity (Wildman–Crippen MR) is 101 cm³/mol. The second kappa shape index (κ2) is 10.4. The van der Waals surface area contributed by atoms with Gasteiger partial charge < -0.3 is 10.5 Å². The largest absolute Gasteiger partial charge is 0.465 e. The van der Waals surface area contributed by atoms with Gasteiger partial charge in [-0.05, 0) is 31.6 Å². The van der Waals surface area contributed by atoms with Crippen LogP contribution in [0, 0.1) is 5.92 Å². The molecule has 1 aliphatic rings. The van der Waals surface area contributed by atoms with E-state index in [2.05, 4.69) is 33.8 Å². The van der Waals surface area contributed by atoms with Crippen molar-refractivity contribution in [1.82, 2.24) is 0 Å². The molecule has 1 unspecified atom stereocenters. The van der Waals surface area contributed by atoms with E-state index in [1.165, 1.54) is 19.3 Å². The molecule has 2 atom stereocenters. The van der Waals surface area contributed by atoms with Crippen LogP contribution < -0.4 is 5.73 Å². The highest BCUT2D eigenvalue weighted by molar-refractivity contribution is 8.00. The summed E-state index contributed by atoms with van der Waals surface area (Å²) in [6.45, 7) is 9.48. The lowest BCUT2D eigenvalue weighted by Crippen LogP contribution is -2.37. The number of rotatable bonds is 10. The van der Waals surface area contributed by atoms with Crippen LogP contribution in [0.3, 0.4) is 0 Å². The van der Waals surface area contributed by atoms with E-state index >= 15 is 0 Å². The van der Waals surface area contributed by atoms with Crippen LogP contribution in [0.2, 0.25) is 0 Å². The van der Waals surface area contributed by atoms with Gasteiger partial charge in [-0.25, -0.2) is 0 Å². The number of allylic oxidation sites excluding steroid dienone is 2. The van der Waals surface area contributed by atoms with Crippen molar-refractivity contribution >= 4 is 17.7 Å². The predicted octanol–water partition coefficient (Wildman–Crippen LogP) is 4.70. The van der Waals surface area contributed by atoms with Crippen LogP contribution in [0.15, 0.2) is 11.6 Å². The van der Waals surface area contributed by atoms with Gasteiger partial charge in [-0.3, -0.25) is 4.79 Å². The van der Waals surface area contributed by atoms with Crippen molar-refractivity contribution in [3.05, 3.63) is 11.6 Å². The Balaban J connectivity index is 2.27. The van der Waals surface area contributed by atoms with Crippen LogP contribution in [0.5, 0.6) is 0 Å². The first kappa shape index (κ1) is 20.6. The molecule has 0 heterocycles. The molecule has 3 nitrogen and oxygen atoms in total. The zero-order valence-electron chi connectivity index (χ0n) is 15.4. The first-order chi connectivity index (χ1) is 10.9. The van der Waals surface area contributed by atoms with Gasteiger partial charge in [-0.1, -0.05) is 58.6 Å². The van der Waals surface area contributed by atoms with E-state index < -0.39 is 6.04 Å². The Morgan fingerprint density at radius 1 is 1.39 bits per heavy atom. The first-order valence-corrected chi connectivity index (χ1v) is 10.1. The van der Waals surface area contributed by atoms with Gasteiger partial charge in [0.1, 0.15) is 6.04 Å². The maximum atomic E-state index is 11.9. The molecule has 23 heavy (non-hydrogen) atoms. The highest BCUT2D eigenvalue weighted by Crippen LogP contribution is 2.40. The Hall–Kier alpha value is -0.480. The van der Waals surface area contributed by atoms with E-state index in [-0.39, 0.29) is 10.7 Å². The van der Waals surface area contributed by atoms with Gasteiger partial charge in [-0.15, -0.1) is 0 Å². The summed E-state index contributed by atoms with van der Waals surface area (Å²) in [5.74, 6) is 1.05. The smallest absolute Gasteiger partial charge is 0.323 e. The molecular formula is C19H35NO2S. The Labute approximate surface area is 146 Å². The zero-order chi connectivity index (χ0) is 17.3. The molecule has 0 aromatic rings. The second-order valence-electron chi connectivity index (χ2n) is 7.23. The van der Waals surface area contributed by atoms with Crippen molar-refractivity contribution in [2.45, 2.75) is 83.4 Å². The number of hydrogen-bond acceptors (Lipinski definition) is 4. The Morgan fingerprint density at radius 3 is 2.70 bits per heavy atom. The second-order valence-corrected chi connectivity index (χ2v) is 8.84. The molecule has 134 valence electrons. The molecule has 0 spiro atoms. The molecule has 0 amide bonds. The normalized spacial score (nSPS) is 22.8.